The summed E-state index contributed by atoms with van der Waals surface area (Å²) in [5.41, 5.74) is 2.09. The summed E-state index contributed by atoms with van der Waals surface area (Å²) in [6, 6.07) is 11.2. The molecule has 38 heavy (non-hydrogen) atoms. The maximum absolute atomic E-state index is 13.8. The number of nitrogens with zero attached hydrogens (tertiary/aromatic N) is 2. The highest BCUT2D eigenvalue weighted by Crippen LogP contribution is 2.40. The van der Waals surface area contributed by atoms with E-state index < -0.39 is 18.0 Å². The zero-order valence-electron chi connectivity index (χ0n) is 21.8. The molecule has 1 aromatic heterocycles. The van der Waals surface area contributed by atoms with Crippen molar-refractivity contribution in [1.82, 2.24) is 4.57 Å². The van der Waals surface area contributed by atoms with E-state index in [-0.39, 0.29) is 17.7 Å². The largest absolute Gasteiger partial charge is 0.493 e. The number of ether oxygens (including phenoxy) is 4. The molecule has 0 bridgehead atoms. The van der Waals surface area contributed by atoms with Crippen molar-refractivity contribution >= 4 is 29.4 Å². The zero-order chi connectivity index (χ0) is 27.4. The Labute approximate surface area is 223 Å². The second-order valence-electron chi connectivity index (χ2n) is 8.23. The number of aromatic nitrogens is 1. The Morgan fingerprint density at radius 3 is 2.42 bits per heavy atom. The number of esters is 2. The SMILES string of the molecule is CCOC(=O)C1=C(C)N=c2s/c(=C/c3ccc(C(=O)OC)cc3)c(=O)n2[C@@H]1c1cccc(OC)c1OCC. The van der Waals surface area contributed by atoms with E-state index in [1.54, 1.807) is 62.4 Å². The third-order valence-corrected chi connectivity index (χ3v) is 6.94. The van der Waals surface area contributed by atoms with Crippen molar-refractivity contribution in [2.24, 2.45) is 4.99 Å². The number of allylic oxidation sites excluding steroid dienone is 1. The molecule has 0 saturated carbocycles. The topological polar surface area (TPSA) is 105 Å². The molecule has 1 atom stereocenters. The van der Waals surface area contributed by atoms with Gasteiger partial charge >= 0.3 is 11.9 Å². The number of hydrogen-bond acceptors (Lipinski definition) is 9. The normalized spacial score (nSPS) is 15.0. The highest BCUT2D eigenvalue weighted by molar-refractivity contribution is 7.07. The maximum Gasteiger partial charge on any atom is 0.338 e. The van der Waals surface area contributed by atoms with Crippen LogP contribution in [-0.2, 0) is 14.3 Å². The van der Waals surface area contributed by atoms with E-state index in [4.69, 9.17) is 18.9 Å². The Kier molecular flexibility index (Phi) is 8.11. The van der Waals surface area contributed by atoms with Crippen LogP contribution in [0.15, 0.2) is 63.5 Å². The Bertz CT molecular complexity index is 1580. The Morgan fingerprint density at radius 2 is 1.79 bits per heavy atom. The summed E-state index contributed by atoms with van der Waals surface area (Å²) in [4.78, 5) is 43.8. The molecule has 2 heterocycles. The van der Waals surface area contributed by atoms with Gasteiger partial charge in [-0.3, -0.25) is 9.36 Å². The van der Waals surface area contributed by atoms with Gasteiger partial charge in [0.2, 0.25) is 0 Å². The van der Waals surface area contributed by atoms with E-state index in [9.17, 15) is 14.4 Å². The van der Waals surface area contributed by atoms with Gasteiger partial charge in [-0.05, 0) is 50.6 Å². The predicted molar refractivity (Wildman–Crippen MR) is 142 cm³/mol. The lowest BCUT2D eigenvalue weighted by molar-refractivity contribution is -0.139. The van der Waals surface area contributed by atoms with Crippen molar-refractivity contribution in [3.05, 3.63) is 90.1 Å². The number of carbonyl (C=O) groups excluding carboxylic acids is 2. The molecule has 9 nitrogen and oxygen atoms in total. The van der Waals surface area contributed by atoms with E-state index in [2.05, 4.69) is 4.99 Å². The van der Waals surface area contributed by atoms with Gasteiger partial charge in [-0.15, -0.1) is 0 Å². The number of thiazole rings is 1. The fourth-order valence-corrected chi connectivity index (χ4v) is 5.32. The van der Waals surface area contributed by atoms with Crippen molar-refractivity contribution in [2.45, 2.75) is 26.8 Å². The Balaban J connectivity index is 1.95. The van der Waals surface area contributed by atoms with Gasteiger partial charge in [0.05, 0.1) is 48.8 Å². The average molecular weight is 537 g/mol. The molecule has 0 aliphatic carbocycles. The van der Waals surface area contributed by atoms with Crippen LogP contribution >= 0.6 is 11.3 Å². The molecule has 0 amide bonds. The van der Waals surface area contributed by atoms with E-state index >= 15 is 0 Å². The third-order valence-electron chi connectivity index (χ3n) is 5.96. The molecule has 0 N–H and O–H groups in total. The molecule has 0 fully saturated rings. The van der Waals surface area contributed by atoms with Gasteiger partial charge < -0.3 is 18.9 Å². The van der Waals surface area contributed by atoms with E-state index in [0.717, 1.165) is 5.56 Å². The zero-order valence-corrected chi connectivity index (χ0v) is 22.6. The highest BCUT2D eigenvalue weighted by Gasteiger charge is 2.35. The summed E-state index contributed by atoms with van der Waals surface area (Å²) < 4.78 is 23.5. The van der Waals surface area contributed by atoms with Crippen LogP contribution in [0.1, 0.15) is 48.3 Å². The van der Waals surface area contributed by atoms with Crippen molar-refractivity contribution in [3.63, 3.8) is 0 Å². The van der Waals surface area contributed by atoms with Crippen LogP contribution < -0.4 is 24.4 Å². The van der Waals surface area contributed by atoms with Crippen LogP contribution in [0, 0.1) is 0 Å². The molecule has 1 aliphatic heterocycles. The second-order valence-corrected chi connectivity index (χ2v) is 9.24. The van der Waals surface area contributed by atoms with Gasteiger partial charge in [0, 0.05) is 5.56 Å². The van der Waals surface area contributed by atoms with Crippen LogP contribution in [0.3, 0.4) is 0 Å². The minimum Gasteiger partial charge on any atom is -0.493 e. The predicted octanol–water partition coefficient (Wildman–Crippen LogP) is 2.99. The van der Waals surface area contributed by atoms with Gasteiger partial charge in [-0.2, -0.15) is 0 Å². The molecule has 0 radical (unpaired) electrons. The van der Waals surface area contributed by atoms with Crippen LogP contribution in [0.25, 0.3) is 6.08 Å². The van der Waals surface area contributed by atoms with Gasteiger partial charge in [-0.25, -0.2) is 14.6 Å². The molecule has 3 aromatic rings. The van der Waals surface area contributed by atoms with E-state index in [0.29, 0.717) is 44.3 Å². The van der Waals surface area contributed by atoms with Crippen LogP contribution in [0.2, 0.25) is 0 Å². The van der Waals surface area contributed by atoms with Gasteiger partial charge in [0.25, 0.3) is 5.56 Å². The molecule has 4 rings (SSSR count). The molecular weight excluding hydrogens is 508 g/mol. The fraction of sp³-hybridized carbons (Fsp3) is 0.286. The van der Waals surface area contributed by atoms with E-state index in [1.807, 2.05) is 6.92 Å². The van der Waals surface area contributed by atoms with Crippen LogP contribution in [-0.4, -0.2) is 43.9 Å². The lowest BCUT2D eigenvalue weighted by atomic mass is 9.94. The number of fused-ring (bicyclic) bond motifs is 1. The third kappa shape index (κ3) is 4.99. The Hall–Kier alpha value is -4.18. The fourth-order valence-electron chi connectivity index (χ4n) is 4.28. The summed E-state index contributed by atoms with van der Waals surface area (Å²) in [5, 5.41) is 0. The van der Waals surface area contributed by atoms with Crippen LogP contribution in [0.4, 0.5) is 0 Å². The second kappa shape index (κ2) is 11.5. The first kappa shape index (κ1) is 26.9. The summed E-state index contributed by atoms with van der Waals surface area (Å²) in [6.45, 7) is 5.82. The molecule has 0 spiro atoms. The number of methoxy groups -OCH3 is 2. The first-order valence-electron chi connectivity index (χ1n) is 12.0. The van der Waals surface area contributed by atoms with Crippen molar-refractivity contribution < 1.29 is 28.5 Å². The van der Waals surface area contributed by atoms with Crippen molar-refractivity contribution in [2.75, 3.05) is 27.4 Å². The monoisotopic (exact) mass is 536 g/mol. The average Bonchev–Trinajstić information content (AvgIpc) is 3.22. The van der Waals surface area contributed by atoms with Gasteiger partial charge in [0.15, 0.2) is 16.3 Å². The summed E-state index contributed by atoms with van der Waals surface area (Å²) >= 11 is 1.21. The number of para-hydroxylation sites is 1. The summed E-state index contributed by atoms with van der Waals surface area (Å²) in [5.74, 6) is -0.0833. The minimum absolute atomic E-state index is 0.171. The standard InChI is InChI=1S/C28H28N2O7S/c1-6-36-24-19(9-8-10-20(24)34-4)23-22(27(33)37-7-2)16(3)29-28-30(23)25(31)21(38-28)15-17-11-13-18(14-12-17)26(32)35-5/h8-15,23H,6-7H2,1-5H3/b21-15+/t23-/m1/s1. The molecular formula is C28H28N2O7S. The molecule has 198 valence electrons. The summed E-state index contributed by atoms with van der Waals surface area (Å²) in [7, 11) is 2.85. The van der Waals surface area contributed by atoms with Crippen molar-refractivity contribution in [3.8, 4) is 11.5 Å². The van der Waals surface area contributed by atoms with Gasteiger partial charge in [-0.1, -0.05) is 35.6 Å². The number of rotatable bonds is 8. The molecule has 2 aromatic carbocycles. The quantitative estimate of drug-likeness (QED) is 0.408. The van der Waals surface area contributed by atoms with Crippen LogP contribution in [0.5, 0.6) is 11.5 Å². The molecule has 0 unspecified atom stereocenters. The number of hydrogen-bond donors (Lipinski definition) is 0. The first-order chi connectivity index (χ1) is 18.3. The molecule has 1 aliphatic rings. The first-order valence-corrected chi connectivity index (χ1v) is 12.8. The smallest absolute Gasteiger partial charge is 0.338 e. The molecule has 0 saturated heterocycles. The number of benzene rings is 2. The van der Waals surface area contributed by atoms with E-state index in [1.165, 1.54) is 30.1 Å². The lowest BCUT2D eigenvalue weighted by Crippen LogP contribution is -2.40. The number of carbonyl (C=O) groups is 2. The Morgan fingerprint density at radius 1 is 1.05 bits per heavy atom. The maximum atomic E-state index is 13.8. The van der Waals surface area contributed by atoms with Gasteiger partial charge in [0.1, 0.15) is 6.04 Å². The molecule has 10 heteroatoms. The highest BCUT2D eigenvalue weighted by atomic mass is 32.1. The lowest BCUT2D eigenvalue weighted by Gasteiger charge is -2.26. The summed E-state index contributed by atoms with van der Waals surface area (Å²) in [6.07, 6.45) is 1.72. The minimum atomic E-state index is -0.842. The van der Waals surface area contributed by atoms with Crippen molar-refractivity contribution in [1.29, 1.82) is 0 Å².